The Morgan fingerprint density at radius 2 is 2.14 bits per heavy atom. The lowest BCUT2D eigenvalue weighted by molar-refractivity contribution is 0.176. The molecular weight excluding hydrogens is 466 g/mol. The van der Waals surface area contributed by atoms with Crippen LogP contribution in [0.15, 0.2) is 34.8 Å². The summed E-state index contributed by atoms with van der Waals surface area (Å²) in [5, 5.41) is 11.3. The molecule has 1 N–H and O–H groups in total. The highest BCUT2D eigenvalue weighted by Crippen LogP contribution is 2.36. The Labute approximate surface area is 150 Å². The predicted octanol–water partition coefficient (Wildman–Crippen LogP) is 4.92. The number of aliphatic hydroxyl groups excluding tert-OH is 1. The molecule has 1 aliphatic rings. The normalized spacial score (nSPS) is 14.7. The monoisotopic (exact) mass is 478 g/mol. The molecule has 110 valence electrons. The lowest BCUT2D eigenvalue weighted by atomic mass is 9.99. The number of halogens is 3. The lowest BCUT2D eigenvalue weighted by Crippen LogP contribution is -2.05. The highest BCUT2D eigenvalue weighted by atomic mass is 127. The summed E-state index contributed by atoms with van der Waals surface area (Å²) in [7, 11) is 0. The van der Waals surface area contributed by atoms with E-state index in [2.05, 4.69) is 38.5 Å². The molecule has 2 aromatic carbocycles. The van der Waals surface area contributed by atoms with E-state index in [0.29, 0.717) is 18.1 Å². The van der Waals surface area contributed by atoms with Crippen molar-refractivity contribution in [2.45, 2.75) is 18.9 Å². The number of benzene rings is 2. The highest BCUT2D eigenvalue weighted by Gasteiger charge is 2.21. The van der Waals surface area contributed by atoms with Crippen molar-refractivity contribution in [2.75, 3.05) is 6.61 Å². The minimum Gasteiger partial charge on any atom is -0.493 e. The van der Waals surface area contributed by atoms with Crippen LogP contribution in [0.3, 0.4) is 0 Å². The van der Waals surface area contributed by atoms with Gasteiger partial charge in [0.15, 0.2) is 0 Å². The Morgan fingerprint density at radius 1 is 1.33 bits per heavy atom. The van der Waals surface area contributed by atoms with Gasteiger partial charge in [-0.1, -0.05) is 27.5 Å². The smallest absolute Gasteiger partial charge is 0.126 e. The van der Waals surface area contributed by atoms with Crippen molar-refractivity contribution < 1.29 is 9.84 Å². The van der Waals surface area contributed by atoms with Gasteiger partial charge >= 0.3 is 0 Å². The van der Waals surface area contributed by atoms with E-state index in [0.717, 1.165) is 36.9 Å². The lowest BCUT2D eigenvalue weighted by Gasteiger charge is -2.16. The van der Waals surface area contributed by atoms with Gasteiger partial charge in [-0.3, -0.25) is 0 Å². The minimum absolute atomic E-state index is 0.495. The molecular formula is C16H13BrClIO2. The van der Waals surface area contributed by atoms with Gasteiger partial charge < -0.3 is 9.84 Å². The fraction of sp³-hybridized carbons (Fsp3) is 0.250. The molecule has 21 heavy (non-hydrogen) atoms. The van der Waals surface area contributed by atoms with E-state index in [1.54, 1.807) is 0 Å². The van der Waals surface area contributed by atoms with Gasteiger partial charge in [-0.05, 0) is 69.6 Å². The molecule has 0 aliphatic carbocycles. The molecule has 1 heterocycles. The molecule has 0 amide bonds. The van der Waals surface area contributed by atoms with Crippen LogP contribution in [0.4, 0.5) is 0 Å². The maximum atomic E-state index is 10.6. The second-order valence-electron chi connectivity index (χ2n) is 5.04. The van der Waals surface area contributed by atoms with Gasteiger partial charge in [0.2, 0.25) is 0 Å². The first kappa shape index (κ1) is 15.6. The van der Waals surface area contributed by atoms with Gasteiger partial charge in [0.05, 0.1) is 12.7 Å². The Hall–Kier alpha value is -0.300. The van der Waals surface area contributed by atoms with Gasteiger partial charge in [0, 0.05) is 25.9 Å². The maximum Gasteiger partial charge on any atom is 0.126 e. The number of hydrogen-bond donors (Lipinski definition) is 1. The van der Waals surface area contributed by atoms with Crippen LogP contribution in [0.25, 0.3) is 0 Å². The summed E-state index contributed by atoms with van der Waals surface area (Å²) in [6.45, 7) is 0.688. The summed E-state index contributed by atoms with van der Waals surface area (Å²) in [5.74, 6) is 0.892. The summed E-state index contributed by atoms with van der Waals surface area (Å²) in [4.78, 5) is 0. The van der Waals surface area contributed by atoms with Crippen LogP contribution in [0, 0.1) is 3.57 Å². The molecule has 1 unspecified atom stereocenters. The Kier molecular flexibility index (Phi) is 4.78. The van der Waals surface area contributed by atoms with Crippen molar-refractivity contribution in [3.05, 3.63) is 60.1 Å². The topological polar surface area (TPSA) is 29.5 Å². The van der Waals surface area contributed by atoms with E-state index in [-0.39, 0.29) is 0 Å². The van der Waals surface area contributed by atoms with Crippen molar-refractivity contribution in [1.29, 1.82) is 0 Å². The quantitative estimate of drug-likeness (QED) is 0.634. The van der Waals surface area contributed by atoms with Crippen LogP contribution in [0.1, 0.15) is 22.8 Å². The third-order valence-corrected chi connectivity index (χ3v) is 5.25. The summed E-state index contributed by atoms with van der Waals surface area (Å²) < 4.78 is 7.70. The van der Waals surface area contributed by atoms with Crippen LogP contribution < -0.4 is 4.74 Å². The molecule has 0 aromatic heterocycles. The van der Waals surface area contributed by atoms with E-state index in [1.807, 2.05) is 30.3 Å². The fourth-order valence-corrected chi connectivity index (χ4v) is 3.92. The third-order valence-electron chi connectivity index (χ3n) is 3.56. The molecule has 3 rings (SSSR count). The highest BCUT2D eigenvalue weighted by molar-refractivity contribution is 14.1. The number of rotatable bonds is 3. The van der Waals surface area contributed by atoms with Crippen LogP contribution in [-0.2, 0) is 12.8 Å². The zero-order valence-corrected chi connectivity index (χ0v) is 15.6. The van der Waals surface area contributed by atoms with Crippen molar-refractivity contribution in [3.8, 4) is 5.75 Å². The second kappa shape index (κ2) is 6.44. The van der Waals surface area contributed by atoms with E-state index in [9.17, 15) is 5.11 Å². The average Bonchev–Trinajstić information content (AvgIpc) is 2.89. The molecule has 0 saturated carbocycles. The number of aliphatic hydroxyl groups is 1. The molecule has 2 nitrogen and oxygen atoms in total. The predicted molar refractivity (Wildman–Crippen MR) is 96.2 cm³/mol. The Morgan fingerprint density at radius 3 is 2.95 bits per heavy atom. The Balaban J connectivity index is 1.92. The second-order valence-corrected chi connectivity index (χ2v) is 7.55. The molecule has 5 heteroatoms. The zero-order chi connectivity index (χ0) is 15.0. The zero-order valence-electron chi connectivity index (χ0n) is 11.1. The largest absolute Gasteiger partial charge is 0.493 e. The van der Waals surface area contributed by atoms with Crippen LogP contribution in [-0.4, -0.2) is 11.7 Å². The summed E-state index contributed by atoms with van der Waals surface area (Å²) >= 11 is 11.9. The molecule has 2 aromatic rings. The first-order chi connectivity index (χ1) is 10.0. The first-order valence-electron chi connectivity index (χ1n) is 6.61. The fourth-order valence-electron chi connectivity index (χ4n) is 2.59. The number of hydrogen-bond acceptors (Lipinski definition) is 2. The molecule has 0 saturated heterocycles. The number of ether oxygens (including phenoxy) is 1. The van der Waals surface area contributed by atoms with E-state index >= 15 is 0 Å². The van der Waals surface area contributed by atoms with Gasteiger partial charge in [0.25, 0.3) is 0 Å². The van der Waals surface area contributed by atoms with Crippen LogP contribution in [0.5, 0.6) is 5.75 Å². The summed E-state index contributed by atoms with van der Waals surface area (Å²) in [6, 6.07) is 9.75. The van der Waals surface area contributed by atoms with Crippen LogP contribution in [0.2, 0.25) is 5.02 Å². The molecule has 0 fully saturated rings. The van der Waals surface area contributed by atoms with Gasteiger partial charge in [-0.15, -0.1) is 0 Å². The molecule has 1 aliphatic heterocycles. The van der Waals surface area contributed by atoms with E-state index in [4.69, 9.17) is 16.3 Å². The van der Waals surface area contributed by atoms with Gasteiger partial charge in [0.1, 0.15) is 5.75 Å². The van der Waals surface area contributed by atoms with Gasteiger partial charge in [-0.2, -0.15) is 0 Å². The Bertz CT molecular complexity index is 690. The number of fused-ring (bicyclic) bond motifs is 1. The average molecular weight is 480 g/mol. The van der Waals surface area contributed by atoms with Crippen molar-refractivity contribution in [1.82, 2.24) is 0 Å². The summed E-state index contributed by atoms with van der Waals surface area (Å²) in [5.41, 5.74) is 3.02. The van der Waals surface area contributed by atoms with Gasteiger partial charge in [-0.25, -0.2) is 0 Å². The van der Waals surface area contributed by atoms with Crippen molar-refractivity contribution in [2.24, 2.45) is 0 Å². The first-order valence-corrected chi connectivity index (χ1v) is 8.86. The van der Waals surface area contributed by atoms with Crippen molar-refractivity contribution >= 4 is 50.1 Å². The standard InChI is InChI=1S/C16H13BrClIO2/c17-11-1-2-14(19)13(8-11)15(20)7-10-6-12(18)5-9-3-4-21-16(9)10/h1-2,5-6,8,15,20H,3-4,7H2. The minimum atomic E-state index is -0.582. The SMILES string of the molecule is OC(Cc1cc(Cl)cc2c1OCC2)c1cc(Br)ccc1I. The molecule has 0 bridgehead atoms. The van der Waals surface area contributed by atoms with Crippen LogP contribution >= 0.6 is 50.1 Å². The molecule has 0 spiro atoms. The van der Waals surface area contributed by atoms with Crippen molar-refractivity contribution in [3.63, 3.8) is 0 Å². The summed E-state index contributed by atoms with van der Waals surface area (Å²) in [6.07, 6.45) is 0.795. The van der Waals surface area contributed by atoms with E-state index in [1.165, 1.54) is 0 Å². The molecule has 0 radical (unpaired) electrons. The maximum absolute atomic E-state index is 10.6. The third kappa shape index (κ3) is 3.38. The van der Waals surface area contributed by atoms with E-state index < -0.39 is 6.10 Å². The molecule has 1 atom stereocenters.